The van der Waals surface area contributed by atoms with E-state index in [1.165, 1.54) is 0 Å². The largest absolute Gasteiger partial charge is 0.486 e. The highest BCUT2D eigenvalue weighted by molar-refractivity contribution is 5.92. The lowest BCUT2D eigenvalue weighted by Gasteiger charge is -2.22. The van der Waals surface area contributed by atoms with Crippen LogP contribution in [0.15, 0.2) is 60.7 Å². The van der Waals surface area contributed by atoms with Crippen LogP contribution in [0.2, 0.25) is 0 Å². The van der Waals surface area contributed by atoms with Gasteiger partial charge in [-0.25, -0.2) is 0 Å². The lowest BCUT2D eigenvalue weighted by molar-refractivity contribution is -0.133. The van der Waals surface area contributed by atoms with Crippen LogP contribution in [-0.2, 0) is 25.6 Å². The van der Waals surface area contributed by atoms with Crippen molar-refractivity contribution in [3.63, 3.8) is 0 Å². The molecule has 36 heavy (non-hydrogen) atoms. The number of amides is 2. The number of rotatable bonds is 14. The Bertz CT molecular complexity index is 999. The maximum Gasteiger partial charge on any atom is 0.224 e. The first-order chi connectivity index (χ1) is 17.0. The van der Waals surface area contributed by atoms with Gasteiger partial charge in [0.2, 0.25) is 11.8 Å². The first-order valence-corrected chi connectivity index (χ1v) is 12.4. The lowest BCUT2D eigenvalue weighted by atomic mass is 9.92. The van der Waals surface area contributed by atoms with Gasteiger partial charge in [0, 0.05) is 30.7 Å². The van der Waals surface area contributed by atoms with Crippen molar-refractivity contribution in [2.24, 2.45) is 5.92 Å². The molecular formula is C29H38N2O5. The molecule has 2 N–H and O–H groups in total. The molecule has 0 saturated carbocycles. The number of ether oxygens (including phenoxy) is 1. The number of hydrogen-bond donors (Lipinski definition) is 2. The molecule has 0 radical (unpaired) electrons. The fourth-order valence-electron chi connectivity index (χ4n) is 3.63. The predicted octanol–water partition coefficient (Wildman–Crippen LogP) is 4.04. The van der Waals surface area contributed by atoms with E-state index in [1.54, 1.807) is 31.2 Å². The summed E-state index contributed by atoms with van der Waals surface area (Å²) in [5.74, 6) is -1.07. The van der Waals surface area contributed by atoms with Gasteiger partial charge in [-0.15, -0.1) is 0 Å². The summed E-state index contributed by atoms with van der Waals surface area (Å²) >= 11 is 0. The molecular weight excluding hydrogens is 456 g/mol. The zero-order chi connectivity index (χ0) is 26.6. The number of aryl methyl sites for hydroxylation is 1. The second-order valence-electron chi connectivity index (χ2n) is 10.1. The van der Waals surface area contributed by atoms with Crippen molar-refractivity contribution in [2.45, 2.75) is 71.4 Å². The highest BCUT2D eigenvalue weighted by Gasteiger charge is 2.26. The summed E-state index contributed by atoms with van der Waals surface area (Å²) in [5, 5.41) is 5.59. The molecule has 0 saturated heterocycles. The molecule has 0 heterocycles. The van der Waals surface area contributed by atoms with Crippen molar-refractivity contribution in [3.05, 3.63) is 66.2 Å². The molecule has 2 aromatic carbocycles. The number of carbonyl (C=O) groups is 4. The van der Waals surface area contributed by atoms with Crippen LogP contribution in [0.1, 0.15) is 58.9 Å². The number of para-hydroxylation sites is 1. The zero-order valence-corrected chi connectivity index (χ0v) is 21.7. The van der Waals surface area contributed by atoms with Crippen LogP contribution >= 0.6 is 0 Å². The van der Waals surface area contributed by atoms with E-state index in [1.807, 2.05) is 57.2 Å². The van der Waals surface area contributed by atoms with Crippen LogP contribution < -0.4 is 15.4 Å². The van der Waals surface area contributed by atoms with Crippen LogP contribution in [-0.4, -0.2) is 41.6 Å². The Morgan fingerprint density at radius 3 is 2.11 bits per heavy atom. The maximum atomic E-state index is 13.1. The summed E-state index contributed by atoms with van der Waals surface area (Å²) in [6.45, 7) is 7.06. The Hall–Kier alpha value is -3.48. The van der Waals surface area contributed by atoms with Crippen LogP contribution in [0.3, 0.4) is 0 Å². The third kappa shape index (κ3) is 11.3. The van der Waals surface area contributed by atoms with Crippen LogP contribution in [0.4, 0.5) is 0 Å². The molecule has 0 bridgehead atoms. The smallest absolute Gasteiger partial charge is 0.224 e. The number of carbonyl (C=O) groups excluding carboxylic acids is 4. The van der Waals surface area contributed by atoms with Gasteiger partial charge in [-0.3, -0.25) is 19.2 Å². The molecule has 7 heteroatoms. The summed E-state index contributed by atoms with van der Waals surface area (Å²) in [6.07, 6.45) is 1.24. The lowest BCUT2D eigenvalue weighted by Crippen LogP contribution is -2.44. The van der Waals surface area contributed by atoms with Crippen molar-refractivity contribution in [1.82, 2.24) is 10.6 Å². The Morgan fingerprint density at radius 1 is 0.889 bits per heavy atom. The van der Waals surface area contributed by atoms with E-state index in [4.69, 9.17) is 4.74 Å². The number of hydrogen-bond acceptors (Lipinski definition) is 5. The van der Waals surface area contributed by atoms with Gasteiger partial charge in [0.05, 0.1) is 6.04 Å². The Balaban J connectivity index is 1.95. The molecule has 0 aliphatic heterocycles. The van der Waals surface area contributed by atoms with E-state index >= 15 is 0 Å². The minimum Gasteiger partial charge on any atom is -0.486 e. The second-order valence-corrected chi connectivity index (χ2v) is 10.1. The van der Waals surface area contributed by atoms with Gasteiger partial charge in [0.1, 0.15) is 18.1 Å². The topological polar surface area (TPSA) is 102 Å². The second kappa shape index (κ2) is 14.2. The summed E-state index contributed by atoms with van der Waals surface area (Å²) in [5.41, 5.74) is 0.661. The summed E-state index contributed by atoms with van der Waals surface area (Å²) < 4.78 is 5.49. The molecule has 194 valence electrons. The molecule has 0 aliphatic carbocycles. The minimum absolute atomic E-state index is 0.0168. The minimum atomic E-state index is -0.786. The van der Waals surface area contributed by atoms with Crippen molar-refractivity contribution >= 4 is 23.4 Å². The Morgan fingerprint density at radius 2 is 1.50 bits per heavy atom. The van der Waals surface area contributed by atoms with Crippen molar-refractivity contribution in [3.8, 4) is 5.75 Å². The van der Waals surface area contributed by atoms with E-state index in [2.05, 4.69) is 10.6 Å². The van der Waals surface area contributed by atoms with E-state index in [9.17, 15) is 19.2 Å². The van der Waals surface area contributed by atoms with Crippen LogP contribution in [0, 0.1) is 5.92 Å². The Labute approximate surface area is 214 Å². The van der Waals surface area contributed by atoms with Crippen molar-refractivity contribution < 1.29 is 23.9 Å². The van der Waals surface area contributed by atoms with Gasteiger partial charge >= 0.3 is 0 Å². The molecule has 2 amide bonds. The molecule has 7 nitrogen and oxygen atoms in total. The first kappa shape index (κ1) is 28.8. The molecule has 2 rings (SSSR count). The normalized spacial score (nSPS) is 12.8. The summed E-state index contributed by atoms with van der Waals surface area (Å²) in [6, 6.07) is 17.8. The molecule has 0 aromatic heterocycles. The average Bonchev–Trinajstić information content (AvgIpc) is 2.83. The number of ketones is 2. The van der Waals surface area contributed by atoms with Crippen molar-refractivity contribution in [1.29, 1.82) is 0 Å². The third-order valence-electron chi connectivity index (χ3n) is 5.58. The van der Waals surface area contributed by atoms with Gasteiger partial charge in [-0.1, -0.05) is 48.5 Å². The Kier molecular flexibility index (Phi) is 11.3. The van der Waals surface area contributed by atoms with Gasteiger partial charge in [-0.05, 0) is 58.2 Å². The van der Waals surface area contributed by atoms with E-state index < -0.39 is 17.9 Å². The highest BCUT2D eigenvalue weighted by Crippen LogP contribution is 2.16. The van der Waals surface area contributed by atoms with Gasteiger partial charge < -0.3 is 15.4 Å². The number of Topliss-reactive ketones (excluding diaryl/α,β-unsaturated/α-hetero) is 2. The molecule has 0 unspecified atom stereocenters. The van der Waals surface area contributed by atoms with Gasteiger partial charge in [0.15, 0.2) is 5.78 Å². The quantitative estimate of drug-likeness (QED) is 0.413. The number of benzene rings is 2. The van der Waals surface area contributed by atoms with Crippen molar-refractivity contribution in [2.75, 3.05) is 6.61 Å². The highest BCUT2D eigenvalue weighted by atomic mass is 16.5. The van der Waals surface area contributed by atoms with Crippen LogP contribution in [0.25, 0.3) is 0 Å². The van der Waals surface area contributed by atoms with E-state index in [-0.39, 0.29) is 48.9 Å². The van der Waals surface area contributed by atoms with Gasteiger partial charge in [-0.2, -0.15) is 0 Å². The monoisotopic (exact) mass is 494 g/mol. The van der Waals surface area contributed by atoms with Crippen LogP contribution in [0.5, 0.6) is 5.75 Å². The predicted molar refractivity (Wildman–Crippen MR) is 140 cm³/mol. The van der Waals surface area contributed by atoms with E-state index in [0.29, 0.717) is 18.6 Å². The maximum absolute atomic E-state index is 13.1. The standard InChI is InChI=1S/C29H38N2O5/c1-21(26(33)20-36-25-13-9-6-10-14-25)30-28(35)23(16-18-27(34)31-29(2,3)4)19-24(32)17-15-22-11-7-5-8-12-22/h5-14,21,23H,15-20H2,1-4H3,(H,30,35)(H,31,34)/t21-,23+/m0/s1. The molecule has 0 aliphatic rings. The van der Waals surface area contributed by atoms with E-state index in [0.717, 1.165) is 5.56 Å². The SMILES string of the molecule is C[C@H](NC(=O)[C@H](CCC(=O)NC(C)(C)C)CC(=O)CCc1ccccc1)C(=O)COc1ccccc1. The summed E-state index contributed by atoms with van der Waals surface area (Å²) in [4.78, 5) is 50.6. The molecule has 0 fully saturated rings. The fraction of sp³-hybridized carbons (Fsp3) is 0.448. The third-order valence-corrected chi connectivity index (χ3v) is 5.58. The zero-order valence-electron chi connectivity index (χ0n) is 21.7. The van der Waals surface area contributed by atoms with Gasteiger partial charge in [0.25, 0.3) is 0 Å². The summed E-state index contributed by atoms with van der Waals surface area (Å²) in [7, 11) is 0. The average molecular weight is 495 g/mol. The number of nitrogens with one attached hydrogen (secondary N) is 2. The molecule has 2 atom stereocenters. The molecule has 2 aromatic rings. The first-order valence-electron chi connectivity index (χ1n) is 12.4. The molecule has 0 spiro atoms. The fourth-order valence-corrected chi connectivity index (χ4v) is 3.63.